The highest BCUT2D eigenvalue weighted by molar-refractivity contribution is 5.98. The van der Waals surface area contributed by atoms with Crippen LogP contribution in [0.1, 0.15) is 20.7 Å². The lowest BCUT2D eigenvalue weighted by atomic mass is 10.1. The Balaban J connectivity index is 1.50. The summed E-state index contributed by atoms with van der Waals surface area (Å²) in [6.45, 7) is 1.34. The van der Waals surface area contributed by atoms with Gasteiger partial charge in [-0.05, 0) is 36.4 Å². The highest BCUT2D eigenvalue weighted by atomic mass is 19.1. The van der Waals surface area contributed by atoms with Gasteiger partial charge in [0.05, 0.1) is 5.56 Å². The number of fused-ring (bicyclic) bond motifs is 1. The Morgan fingerprint density at radius 1 is 0.920 bits per heavy atom. The summed E-state index contributed by atoms with van der Waals surface area (Å²) in [5.74, 6) is -0.0623. The van der Waals surface area contributed by atoms with Crippen molar-refractivity contribution in [3.05, 3.63) is 59.4 Å². The Morgan fingerprint density at radius 3 is 2.36 bits per heavy atom. The summed E-state index contributed by atoms with van der Waals surface area (Å²) in [6, 6.07) is 10.4. The molecule has 0 fully saturated rings. The standard InChI is InChI=1S/C18H17FN2O4/c19-13-6-4-12(5-7-13)17(22)20-8-9-21-18(23)14-2-1-3-15-16(14)25-11-10-24-15/h1-7H,8-11H2,(H,20,22)(H,21,23). The molecular weight excluding hydrogens is 327 g/mol. The maximum atomic E-state index is 12.8. The fraction of sp³-hybridized carbons (Fsp3) is 0.222. The van der Waals surface area contributed by atoms with Crippen LogP contribution >= 0.6 is 0 Å². The van der Waals surface area contributed by atoms with Crippen molar-refractivity contribution in [2.75, 3.05) is 26.3 Å². The van der Waals surface area contributed by atoms with Gasteiger partial charge >= 0.3 is 0 Å². The molecule has 0 unspecified atom stereocenters. The third-order valence-corrected chi connectivity index (χ3v) is 3.61. The van der Waals surface area contributed by atoms with Gasteiger partial charge in [-0.25, -0.2) is 4.39 Å². The van der Waals surface area contributed by atoms with Crippen molar-refractivity contribution in [2.24, 2.45) is 0 Å². The van der Waals surface area contributed by atoms with Crippen molar-refractivity contribution in [3.63, 3.8) is 0 Å². The summed E-state index contributed by atoms with van der Waals surface area (Å²) >= 11 is 0. The van der Waals surface area contributed by atoms with E-state index in [1.165, 1.54) is 24.3 Å². The topological polar surface area (TPSA) is 76.7 Å². The molecule has 2 aromatic carbocycles. The van der Waals surface area contributed by atoms with Gasteiger partial charge in [-0.2, -0.15) is 0 Å². The van der Waals surface area contributed by atoms with Crippen LogP contribution in [0.3, 0.4) is 0 Å². The van der Waals surface area contributed by atoms with E-state index >= 15 is 0 Å². The van der Waals surface area contributed by atoms with Gasteiger partial charge in [0.1, 0.15) is 19.0 Å². The molecule has 0 aromatic heterocycles. The van der Waals surface area contributed by atoms with Crippen LogP contribution in [0.2, 0.25) is 0 Å². The van der Waals surface area contributed by atoms with E-state index in [4.69, 9.17) is 9.47 Å². The molecule has 0 saturated heterocycles. The van der Waals surface area contributed by atoms with Crippen molar-refractivity contribution in [3.8, 4) is 11.5 Å². The van der Waals surface area contributed by atoms with Crippen molar-refractivity contribution in [1.29, 1.82) is 0 Å². The molecule has 1 aliphatic rings. The molecule has 0 aliphatic carbocycles. The van der Waals surface area contributed by atoms with Gasteiger partial charge in [-0.1, -0.05) is 6.07 Å². The summed E-state index contributed by atoms with van der Waals surface area (Å²) in [7, 11) is 0. The summed E-state index contributed by atoms with van der Waals surface area (Å²) in [6.07, 6.45) is 0. The molecular formula is C18H17FN2O4. The van der Waals surface area contributed by atoms with Crippen LogP contribution in [0.4, 0.5) is 4.39 Å². The Morgan fingerprint density at radius 2 is 1.60 bits per heavy atom. The first-order chi connectivity index (χ1) is 12.1. The number of carbonyl (C=O) groups is 2. The van der Waals surface area contributed by atoms with E-state index < -0.39 is 5.82 Å². The average Bonchev–Trinajstić information content (AvgIpc) is 2.65. The van der Waals surface area contributed by atoms with Crippen molar-refractivity contribution in [2.45, 2.75) is 0 Å². The number of nitrogens with one attached hydrogen (secondary N) is 2. The molecule has 6 nitrogen and oxygen atoms in total. The largest absolute Gasteiger partial charge is 0.486 e. The van der Waals surface area contributed by atoms with E-state index in [0.717, 1.165) is 0 Å². The number of hydrogen-bond donors (Lipinski definition) is 2. The van der Waals surface area contributed by atoms with Crippen molar-refractivity contribution in [1.82, 2.24) is 10.6 Å². The maximum absolute atomic E-state index is 12.8. The van der Waals surface area contributed by atoms with E-state index in [9.17, 15) is 14.0 Å². The molecule has 0 bridgehead atoms. The first-order valence-electron chi connectivity index (χ1n) is 7.86. The van der Waals surface area contributed by atoms with E-state index in [2.05, 4.69) is 10.6 Å². The minimum atomic E-state index is -0.402. The molecule has 2 N–H and O–H groups in total. The van der Waals surface area contributed by atoms with E-state index in [-0.39, 0.29) is 24.9 Å². The molecule has 0 atom stereocenters. The number of hydrogen-bond acceptors (Lipinski definition) is 4. The lowest BCUT2D eigenvalue weighted by Crippen LogP contribution is -2.35. The molecule has 130 valence electrons. The quantitative estimate of drug-likeness (QED) is 0.811. The predicted octanol–water partition coefficient (Wildman–Crippen LogP) is 1.76. The van der Waals surface area contributed by atoms with Crippen molar-refractivity contribution < 1.29 is 23.5 Å². The Bertz CT molecular complexity index is 777. The normalized spacial score (nSPS) is 12.4. The molecule has 7 heteroatoms. The molecule has 1 heterocycles. The number of rotatable bonds is 5. The first kappa shape index (κ1) is 16.8. The highest BCUT2D eigenvalue weighted by Gasteiger charge is 2.19. The van der Waals surface area contributed by atoms with Gasteiger partial charge in [0.15, 0.2) is 11.5 Å². The predicted molar refractivity (Wildman–Crippen MR) is 88.5 cm³/mol. The third-order valence-electron chi connectivity index (χ3n) is 3.61. The summed E-state index contributed by atoms with van der Waals surface area (Å²) in [4.78, 5) is 24.1. The van der Waals surface area contributed by atoms with E-state index in [0.29, 0.717) is 35.8 Å². The van der Waals surface area contributed by atoms with Crippen LogP contribution in [0.15, 0.2) is 42.5 Å². The second kappa shape index (κ2) is 7.65. The maximum Gasteiger partial charge on any atom is 0.255 e. The fourth-order valence-corrected chi connectivity index (χ4v) is 2.40. The van der Waals surface area contributed by atoms with Crippen LogP contribution in [-0.4, -0.2) is 38.1 Å². The second-order valence-corrected chi connectivity index (χ2v) is 5.35. The van der Waals surface area contributed by atoms with Gasteiger partial charge < -0.3 is 20.1 Å². The van der Waals surface area contributed by atoms with Gasteiger partial charge in [-0.15, -0.1) is 0 Å². The summed E-state index contributed by atoms with van der Waals surface area (Å²) < 4.78 is 23.8. The lowest BCUT2D eigenvalue weighted by Gasteiger charge is -2.20. The van der Waals surface area contributed by atoms with Crippen LogP contribution < -0.4 is 20.1 Å². The zero-order valence-electron chi connectivity index (χ0n) is 13.4. The Hall–Kier alpha value is -3.09. The summed E-state index contributed by atoms with van der Waals surface area (Å²) in [5, 5.41) is 5.37. The first-order valence-corrected chi connectivity index (χ1v) is 7.86. The number of benzene rings is 2. The zero-order chi connectivity index (χ0) is 17.6. The number of halogens is 1. The minimum absolute atomic E-state index is 0.244. The molecule has 2 aromatic rings. The van der Waals surface area contributed by atoms with E-state index in [1.807, 2.05) is 0 Å². The number of ether oxygens (including phenoxy) is 2. The Labute approximate surface area is 143 Å². The molecule has 1 aliphatic heterocycles. The number of amides is 2. The number of carbonyl (C=O) groups excluding carboxylic acids is 2. The monoisotopic (exact) mass is 344 g/mol. The molecule has 2 amide bonds. The van der Waals surface area contributed by atoms with Gasteiger partial charge in [0.25, 0.3) is 11.8 Å². The second-order valence-electron chi connectivity index (χ2n) is 5.35. The lowest BCUT2D eigenvalue weighted by molar-refractivity contribution is 0.0921. The fourth-order valence-electron chi connectivity index (χ4n) is 2.40. The van der Waals surface area contributed by atoms with Crippen LogP contribution in [-0.2, 0) is 0 Å². The highest BCUT2D eigenvalue weighted by Crippen LogP contribution is 2.33. The van der Waals surface area contributed by atoms with Gasteiger partial charge in [-0.3, -0.25) is 9.59 Å². The van der Waals surface area contributed by atoms with Crippen LogP contribution in [0.25, 0.3) is 0 Å². The van der Waals surface area contributed by atoms with Crippen LogP contribution in [0, 0.1) is 5.82 Å². The molecule has 0 saturated carbocycles. The van der Waals surface area contributed by atoms with Crippen molar-refractivity contribution >= 4 is 11.8 Å². The van der Waals surface area contributed by atoms with Gasteiger partial charge in [0.2, 0.25) is 0 Å². The molecule has 25 heavy (non-hydrogen) atoms. The third kappa shape index (κ3) is 4.06. The molecule has 0 spiro atoms. The summed E-state index contributed by atoms with van der Waals surface area (Å²) in [5.41, 5.74) is 0.748. The average molecular weight is 344 g/mol. The van der Waals surface area contributed by atoms with E-state index in [1.54, 1.807) is 18.2 Å². The smallest absolute Gasteiger partial charge is 0.255 e. The molecule has 3 rings (SSSR count). The minimum Gasteiger partial charge on any atom is -0.486 e. The van der Waals surface area contributed by atoms with Crippen LogP contribution in [0.5, 0.6) is 11.5 Å². The SMILES string of the molecule is O=C(NCCNC(=O)c1cccc2c1OCCO2)c1ccc(F)cc1. The molecule has 0 radical (unpaired) electrons. The zero-order valence-corrected chi connectivity index (χ0v) is 13.4. The number of para-hydroxylation sites is 1. The van der Waals surface area contributed by atoms with Gasteiger partial charge in [0, 0.05) is 18.7 Å². The Kier molecular flexibility index (Phi) is 5.13.